The van der Waals surface area contributed by atoms with Crippen molar-refractivity contribution in [2.24, 2.45) is 0 Å². The smallest absolute Gasteiger partial charge is 0.289 e. The summed E-state index contributed by atoms with van der Waals surface area (Å²) in [5.74, 6) is -0.0983. The molecule has 3 amide bonds. The number of carbonyl (C=O) groups is 3. The zero-order valence-electron chi connectivity index (χ0n) is 14.0. The second-order valence-electron chi connectivity index (χ2n) is 6.20. The lowest BCUT2D eigenvalue weighted by molar-refractivity contribution is -0.125. The molecule has 3 rings (SSSR count). The van der Waals surface area contributed by atoms with Crippen molar-refractivity contribution in [1.82, 2.24) is 15.5 Å². The molecule has 2 aliphatic rings. The van der Waals surface area contributed by atoms with Crippen LogP contribution >= 0.6 is 24.2 Å². The van der Waals surface area contributed by atoms with Gasteiger partial charge in [0.1, 0.15) is 0 Å². The molecule has 2 N–H and O–H groups in total. The summed E-state index contributed by atoms with van der Waals surface area (Å²) in [6, 6.07) is 7.48. The second-order valence-corrected chi connectivity index (χ2v) is 7.13. The van der Waals surface area contributed by atoms with Crippen LogP contribution in [-0.4, -0.2) is 46.3 Å². The number of hydrogen-bond donors (Lipinski definition) is 2. The average Bonchev–Trinajstić information content (AvgIpc) is 2.89. The van der Waals surface area contributed by atoms with E-state index in [4.69, 9.17) is 0 Å². The molecule has 2 fully saturated rings. The van der Waals surface area contributed by atoms with Crippen LogP contribution in [-0.2, 0) is 11.3 Å². The van der Waals surface area contributed by atoms with Gasteiger partial charge in [-0.25, -0.2) is 0 Å². The number of imide groups is 1. The molecule has 2 saturated heterocycles. The first kappa shape index (κ1) is 19.8. The standard InChI is InChI=1S/C17H21N3O3S.ClH/c1-11-14(6-3-7-18-11)19-16(22)13-5-2-4-12(8-13)9-20-15(21)10-24-17(20)23;/h2,4-5,8,11,14,18H,3,6-7,9-10H2,1H3,(H,19,22);1H. The van der Waals surface area contributed by atoms with Gasteiger partial charge in [0.15, 0.2) is 0 Å². The molecule has 25 heavy (non-hydrogen) atoms. The van der Waals surface area contributed by atoms with Gasteiger partial charge < -0.3 is 10.6 Å². The van der Waals surface area contributed by atoms with Gasteiger partial charge in [-0.3, -0.25) is 19.3 Å². The third kappa shape index (κ3) is 4.74. The van der Waals surface area contributed by atoms with Crippen molar-refractivity contribution in [3.05, 3.63) is 35.4 Å². The van der Waals surface area contributed by atoms with E-state index in [0.717, 1.165) is 36.7 Å². The Kier molecular flexibility index (Phi) is 6.87. The molecule has 8 heteroatoms. The summed E-state index contributed by atoms with van der Waals surface area (Å²) in [5.41, 5.74) is 1.33. The summed E-state index contributed by atoms with van der Waals surface area (Å²) in [6.07, 6.45) is 2.01. The van der Waals surface area contributed by atoms with Gasteiger partial charge >= 0.3 is 0 Å². The number of amides is 3. The van der Waals surface area contributed by atoms with Gasteiger partial charge in [-0.05, 0) is 44.0 Å². The van der Waals surface area contributed by atoms with Crippen molar-refractivity contribution in [1.29, 1.82) is 0 Å². The highest BCUT2D eigenvalue weighted by Crippen LogP contribution is 2.21. The molecular weight excluding hydrogens is 362 g/mol. The second kappa shape index (κ2) is 8.69. The number of piperidine rings is 1. The van der Waals surface area contributed by atoms with E-state index in [2.05, 4.69) is 17.6 Å². The van der Waals surface area contributed by atoms with Crippen molar-refractivity contribution >= 4 is 41.2 Å². The Morgan fingerprint density at radius 3 is 2.88 bits per heavy atom. The predicted octanol–water partition coefficient (Wildman–Crippen LogP) is 2.17. The largest absolute Gasteiger partial charge is 0.348 e. The maximum Gasteiger partial charge on any atom is 0.289 e. The molecule has 2 atom stereocenters. The van der Waals surface area contributed by atoms with Crippen LogP contribution in [0.4, 0.5) is 4.79 Å². The molecule has 2 aliphatic heterocycles. The van der Waals surface area contributed by atoms with Crippen LogP contribution in [0.1, 0.15) is 35.7 Å². The first-order valence-electron chi connectivity index (χ1n) is 8.15. The van der Waals surface area contributed by atoms with Crippen molar-refractivity contribution in [2.45, 2.75) is 38.4 Å². The summed E-state index contributed by atoms with van der Waals surface area (Å²) in [7, 11) is 0. The zero-order chi connectivity index (χ0) is 17.1. The van der Waals surface area contributed by atoms with E-state index in [1.165, 1.54) is 4.90 Å². The van der Waals surface area contributed by atoms with Gasteiger partial charge in [-0.1, -0.05) is 23.9 Å². The lowest BCUT2D eigenvalue weighted by atomic mass is 9.99. The Morgan fingerprint density at radius 2 is 2.20 bits per heavy atom. The molecule has 0 aliphatic carbocycles. The Balaban J connectivity index is 0.00000225. The molecular formula is C17H22ClN3O3S. The van der Waals surface area contributed by atoms with Crippen LogP contribution in [0, 0.1) is 0 Å². The number of nitrogens with zero attached hydrogens (tertiary/aromatic N) is 1. The van der Waals surface area contributed by atoms with Crippen LogP contribution in [0.15, 0.2) is 24.3 Å². The van der Waals surface area contributed by atoms with Crippen LogP contribution in [0.2, 0.25) is 0 Å². The molecule has 6 nitrogen and oxygen atoms in total. The molecule has 0 aromatic heterocycles. The molecule has 1 aromatic carbocycles. The Labute approximate surface area is 157 Å². The third-order valence-corrected chi connectivity index (χ3v) is 5.31. The van der Waals surface area contributed by atoms with E-state index in [1.807, 2.05) is 6.07 Å². The quantitative estimate of drug-likeness (QED) is 0.833. The fourth-order valence-electron chi connectivity index (χ4n) is 3.02. The van der Waals surface area contributed by atoms with E-state index >= 15 is 0 Å². The van der Waals surface area contributed by atoms with Crippen LogP contribution in [0.25, 0.3) is 0 Å². The fraction of sp³-hybridized carbons (Fsp3) is 0.471. The van der Waals surface area contributed by atoms with Gasteiger partial charge in [-0.2, -0.15) is 0 Å². The number of hydrogen-bond acceptors (Lipinski definition) is 5. The van der Waals surface area contributed by atoms with E-state index in [0.29, 0.717) is 5.56 Å². The molecule has 0 saturated carbocycles. The van der Waals surface area contributed by atoms with E-state index in [1.54, 1.807) is 18.2 Å². The summed E-state index contributed by atoms with van der Waals surface area (Å²) in [6.45, 7) is 3.27. The monoisotopic (exact) mass is 383 g/mol. The Hall–Kier alpha value is -1.57. The van der Waals surface area contributed by atoms with Crippen molar-refractivity contribution in [2.75, 3.05) is 12.3 Å². The first-order chi connectivity index (χ1) is 11.5. The predicted molar refractivity (Wildman–Crippen MR) is 100 cm³/mol. The topological polar surface area (TPSA) is 78.5 Å². The molecule has 0 radical (unpaired) electrons. The number of carbonyl (C=O) groups excluding carboxylic acids is 3. The molecule has 1 aromatic rings. The molecule has 2 unspecified atom stereocenters. The third-order valence-electron chi connectivity index (χ3n) is 4.45. The van der Waals surface area contributed by atoms with Gasteiger partial charge in [0.25, 0.3) is 11.1 Å². The average molecular weight is 384 g/mol. The van der Waals surface area contributed by atoms with E-state index in [-0.39, 0.29) is 53.8 Å². The van der Waals surface area contributed by atoms with Crippen molar-refractivity contribution in [3.63, 3.8) is 0 Å². The maximum absolute atomic E-state index is 12.5. The summed E-state index contributed by atoms with van der Waals surface area (Å²) in [4.78, 5) is 37.1. The summed E-state index contributed by atoms with van der Waals surface area (Å²) >= 11 is 1.02. The van der Waals surface area contributed by atoms with Gasteiger partial charge in [0, 0.05) is 17.6 Å². The van der Waals surface area contributed by atoms with Crippen LogP contribution in [0.5, 0.6) is 0 Å². The fourth-order valence-corrected chi connectivity index (χ4v) is 3.75. The van der Waals surface area contributed by atoms with Gasteiger partial charge in [-0.15, -0.1) is 12.4 Å². The minimum Gasteiger partial charge on any atom is -0.348 e. The normalized spacial score (nSPS) is 23.3. The first-order valence-corrected chi connectivity index (χ1v) is 9.13. The number of rotatable bonds is 4. The molecule has 136 valence electrons. The van der Waals surface area contributed by atoms with Crippen LogP contribution in [0.3, 0.4) is 0 Å². The summed E-state index contributed by atoms with van der Waals surface area (Å²) in [5, 5.41) is 6.20. The minimum atomic E-state index is -0.225. The number of thioether (sulfide) groups is 1. The minimum absolute atomic E-state index is 0. The van der Waals surface area contributed by atoms with Crippen molar-refractivity contribution < 1.29 is 14.4 Å². The lowest BCUT2D eigenvalue weighted by Gasteiger charge is -2.30. The number of benzene rings is 1. The van der Waals surface area contributed by atoms with E-state index in [9.17, 15) is 14.4 Å². The summed E-state index contributed by atoms with van der Waals surface area (Å²) < 4.78 is 0. The van der Waals surface area contributed by atoms with Crippen molar-refractivity contribution in [3.8, 4) is 0 Å². The highest BCUT2D eigenvalue weighted by atomic mass is 35.5. The Morgan fingerprint density at radius 1 is 1.40 bits per heavy atom. The zero-order valence-corrected chi connectivity index (χ0v) is 15.6. The van der Waals surface area contributed by atoms with Gasteiger partial charge in [0.2, 0.25) is 5.91 Å². The molecule has 0 bridgehead atoms. The van der Waals surface area contributed by atoms with E-state index < -0.39 is 0 Å². The number of halogens is 1. The highest BCUT2D eigenvalue weighted by molar-refractivity contribution is 8.14. The van der Waals surface area contributed by atoms with Gasteiger partial charge in [0.05, 0.1) is 12.3 Å². The Bertz CT molecular complexity index is 654. The SMILES string of the molecule is CC1NCCCC1NC(=O)c1cccc(CN2C(=O)CSC2=O)c1.Cl. The highest BCUT2D eigenvalue weighted by Gasteiger charge is 2.30. The number of nitrogens with one attached hydrogen (secondary N) is 2. The van der Waals surface area contributed by atoms with Crippen LogP contribution < -0.4 is 10.6 Å². The maximum atomic E-state index is 12.5. The molecule has 0 spiro atoms. The molecule has 2 heterocycles. The lowest BCUT2D eigenvalue weighted by Crippen LogP contribution is -2.51.